The Kier molecular flexibility index (Phi) is 7.08. The molecule has 2 unspecified atom stereocenters. The number of nitrogens with one attached hydrogen (secondary N) is 1. The molecule has 5 aromatic rings. The van der Waals surface area contributed by atoms with Crippen LogP contribution in [-0.2, 0) is 19.4 Å². The Morgan fingerprint density at radius 2 is 1.74 bits per heavy atom. The number of nitrogens with zero attached hydrogens (tertiary/aromatic N) is 1. The van der Waals surface area contributed by atoms with Gasteiger partial charge in [-0.3, -0.25) is 4.90 Å². The monoisotopic (exact) mass is 580 g/mol. The number of ether oxygens (including phenoxy) is 3. The maximum absolute atomic E-state index is 14.0. The number of aromatic amines is 1. The van der Waals surface area contributed by atoms with Gasteiger partial charge in [-0.25, -0.2) is 4.39 Å². The normalized spacial score (nSPS) is 17.8. The highest BCUT2D eigenvalue weighted by Gasteiger charge is 2.41. The fraction of sp³-hybridized carbons (Fsp3) is 0.257. The first-order valence-electron chi connectivity index (χ1n) is 14.2. The molecule has 42 heavy (non-hydrogen) atoms. The Morgan fingerprint density at radius 1 is 0.929 bits per heavy atom. The van der Waals surface area contributed by atoms with Crippen molar-refractivity contribution in [2.24, 2.45) is 0 Å². The first-order chi connectivity index (χ1) is 20.6. The van der Waals surface area contributed by atoms with Crippen LogP contribution in [-0.4, -0.2) is 36.9 Å². The summed E-state index contributed by atoms with van der Waals surface area (Å²) in [7, 11) is 3.40. The number of thioether (sulfide) groups is 1. The van der Waals surface area contributed by atoms with E-state index in [2.05, 4.69) is 64.7 Å². The minimum absolute atomic E-state index is 0.0349. The lowest BCUT2D eigenvalue weighted by molar-refractivity contribution is 0.127. The summed E-state index contributed by atoms with van der Waals surface area (Å²) in [5.74, 6) is 2.11. The first-order valence-corrected chi connectivity index (χ1v) is 15.4. The largest absolute Gasteiger partial charge is 0.497 e. The van der Waals surface area contributed by atoms with Gasteiger partial charge in [-0.15, -0.1) is 11.8 Å². The van der Waals surface area contributed by atoms with Crippen molar-refractivity contribution in [3.8, 4) is 17.2 Å². The van der Waals surface area contributed by atoms with Crippen LogP contribution in [0.4, 0.5) is 4.39 Å². The predicted molar refractivity (Wildman–Crippen MR) is 165 cm³/mol. The zero-order valence-corrected chi connectivity index (χ0v) is 24.8. The molecule has 1 aromatic heterocycles. The zero-order valence-electron chi connectivity index (χ0n) is 23.9. The van der Waals surface area contributed by atoms with Gasteiger partial charge in [-0.05, 0) is 102 Å². The Bertz CT molecular complexity index is 1750. The van der Waals surface area contributed by atoms with Gasteiger partial charge in [0.25, 0.3) is 0 Å². The highest BCUT2D eigenvalue weighted by atomic mass is 32.2. The number of fused-ring (bicyclic) bond motifs is 6. The van der Waals surface area contributed by atoms with Crippen LogP contribution in [0.15, 0.2) is 83.8 Å². The standard InChI is InChI=1S/C35H33FN2O3S/c1-39-25-10-13-30-28(17-25)29-18-31-27-19-33(41-20-21-4-11-26(42-3)12-5-21)32(40-2)16-23(27)14-15-38(31)35(34(29)37-30)22-6-8-24(36)9-7-22/h4-13,16-17,19,31,35,37H,14-15,18,20H2,1-3H3. The van der Waals surface area contributed by atoms with Crippen LogP contribution < -0.4 is 14.2 Å². The van der Waals surface area contributed by atoms with Crippen LogP contribution in [0.5, 0.6) is 17.2 Å². The molecular formula is C35H33FN2O3S. The van der Waals surface area contributed by atoms with E-state index in [4.69, 9.17) is 14.2 Å². The molecule has 0 bridgehead atoms. The van der Waals surface area contributed by atoms with Gasteiger partial charge in [-0.1, -0.05) is 24.3 Å². The molecule has 7 heteroatoms. The molecule has 2 atom stereocenters. The Balaban J connectivity index is 1.31. The second-order valence-corrected chi connectivity index (χ2v) is 11.8. The number of hydrogen-bond donors (Lipinski definition) is 1. The molecule has 0 aliphatic carbocycles. The molecule has 0 saturated heterocycles. The van der Waals surface area contributed by atoms with Crippen molar-refractivity contribution >= 4 is 22.7 Å². The van der Waals surface area contributed by atoms with E-state index in [1.165, 1.54) is 32.7 Å². The summed E-state index contributed by atoms with van der Waals surface area (Å²) in [6.07, 6.45) is 3.81. The van der Waals surface area contributed by atoms with Crippen LogP contribution in [0.25, 0.3) is 10.9 Å². The highest BCUT2D eigenvalue weighted by molar-refractivity contribution is 7.98. The van der Waals surface area contributed by atoms with Gasteiger partial charge >= 0.3 is 0 Å². The van der Waals surface area contributed by atoms with E-state index < -0.39 is 0 Å². The maximum Gasteiger partial charge on any atom is 0.162 e. The van der Waals surface area contributed by atoms with Crippen LogP contribution in [0, 0.1) is 5.82 Å². The van der Waals surface area contributed by atoms with Gasteiger partial charge in [-0.2, -0.15) is 0 Å². The number of H-pyrrole nitrogens is 1. The molecule has 214 valence electrons. The van der Waals surface area contributed by atoms with Gasteiger partial charge in [0.1, 0.15) is 18.2 Å². The van der Waals surface area contributed by atoms with Crippen LogP contribution in [0.2, 0.25) is 0 Å². The summed E-state index contributed by atoms with van der Waals surface area (Å²) in [6.45, 7) is 1.34. The molecular weight excluding hydrogens is 547 g/mol. The third-order valence-corrected chi connectivity index (χ3v) is 9.46. The molecule has 7 rings (SSSR count). The van der Waals surface area contributed by atoms with Gasteiger partial charge in [0, 0.05) is 34.1 Å². The lowest BCUT2D eigenvalue weighted by Gasteiger charge is -2.46. The van der Waals surface area contributed by atoms with Crippen molar-refractivity contribution in [2.75, 3.05) is 27.0 Å². The fourth-order valence-electron chi connectivity index (χ4n) is 6.61. The molecule has 3 heterocycles. The zero-order chi connectivity index (χ0) is 28.8. The summed E-state index contributed by atoms with van der Waals surface area (Å²) < 4.78 is 31.8. The Morgan fingerprint density at radius 3 is 2.48 bits per heavy atom. The predicted octanol–water partition coefficient (Wildman–Crippen LogP) is 7.87. The van der Waals surface area contributed by atoms with Crippen molar-refractivity contribution < 1.29 is 18.6 Å². The van der Waals surface area contributed by atoms with E-state index >= 15 is 0 Å². The Labute approximate surface area is 249 Å². The topological polar surface area (TPSA) is 46.7 Å². The summed E-state index contributed by atoms with van der Waals surface area (Å²) in [5.41, 5.74) is 8.25. The lowest BCUT2D eigenvalue weighted by Crippen LogP contribution is -2.43. The van der Waals surface area contributed by atoms with E-state index in [1.807, 2.05) is 18.2 Å². The lowest BCUT2D eigenvalue weighted by atomic mass is 9.80. The minimum Gasteiger partial charge on any atom is -0.497 e. The SMILES string of the molecule is COc1ccc2[nH]c3c(c2c1)CC1c2cc(OCc4ccc(SC)cc4)c(OC)cc2CCN1C3c1ccc(F)cc1. The first kappa shape index (κ1) is 26.9. The summed E-state index contributed by atoms with van der Waals surface area (Å²) in [4.78, 5) is 7.51. The molecule has 0 amide bonds. The second-order valence-electron chi connectivity index (χ2n) is 10.9. The number of benzene rings is 4. The van der Waals surface area contributed by atoms with Crippen LogP contribution in [0.1, 0.15) is 45.6 Å². The van der Waals surface area contributed by atoms with Crippen molar-refractivity contribution in [1.29, 1.82) is 0 Å². The number of methoxy groups -OCH3 is 2. The van der Waals surface area contributed by atoms with Gasteiger partial charge < -0.3 is 19.2 Å². The molecule has 0 fully saturated rings. The van der Waals surface area contributed by atoms with E-state index in [0.717, 1.165) is 53.3 Å². The average molecular weight is 581 g/mol. The van der Waals surface area contributed by atoms with E-state index in [0.29, 0.717) is 6.61 Å². The summed E-state index contributed by atoms with van der Waals surface area (Å²) >= 11 is 1.73. The third kappa shape index (κ3) is 4.71. The average Bonchev–Trinajstić information content (AvgIpc) is 3.40. The molecule has 1 N–H and O–H groups in total. The summed E-state index contributed by atoms with van der Waals surface area (Å²) in [6, 6.07) is 26.0. The summed E-state index contributed by atoms with van der Waals surface area (Å²) in [5, 5.41) is 1.17. The van der Waals surface area contributed by atoms with E-state index in [9.17, 15) is 4.39 Å². The molecule has 4 aromatic carbocycles. The van der Waals surface area contributed by atoms with Crippen molar-refractivity contribution in [2.45, 2.75) is 36.4 Å². The number of aromatic nitrogens is 1. The second kappa shape index (κ2) is 11.0. The van der Waals surface area contributed by atoms with Crippen molar-refractivity contribution in [3.05, 3.63) is 118 Å². The van der Waals surface area contributed by atoms with Gasteiger partial charge in [0.05, 0.1) is 20.3 Å². The molecule has 2 aliphatic rings. The van der Waals surface area contributed by atoms with E-state index in [-0.39, 0.29) is 17.9 Å². The van der Waals surface area contributed by atoms with Gasteiger partial charge in [0.2, 0.25) is 0 Å². The van der Waals surface area contributed by atoms with Gasteiger partial charge in [0.15, 0.2) is 11.5 Å². The van der Waals surface area contributed by atoms with E-state index in [1.54, 1.807) is 38.1 Å². The number of rotatable bonds is 7. The fourth-order valence-corrected chi connectivity index (χ4v) is 7.02. The molecule has 0 spiro atoms. The molecule has 2 aliphatic heterocycles. The number of hydrogen-bond acceptors (Lipinski definition) is 5. The van der Waals surface area contributed by atoms with Crippen molar-refractivity contribution in [1.82, 2.24) is 9.88 Å². The molecule has 0 radical (unpaired) electrons. The quantitative estimate of drug-likeness (QED) is 0.199. The van der Waals surface area contributed by atoms with Crippen LogP contribution in [0.3, 0.4) is 0 Å². The number of halogens is 1. The van der Waals surface area contributed by atoms with Crippen molar-refractivity contribution in [3.63, 3.8) is 0 Å². The minimum atomic E-state index is -0.228. The van der Waals surface area contributed by atoms with Crippen LogP contribution >= 0.6 is 11.8 Å². The highest BCUT2D eigenvalue weighted by Crippen LogP contribution is 2.50. The maximum atomic E-state index is 14.0. The third-order valence-electron chi connectivity index (χ3n) is 8.71. The molecule has 5 nitrogen and oxygen atoms in total. The smallest absolute Gasteiger partial charge is 0.162 e. The Hall–Kier alpha value is -3.94. The molecule has 0 saturated carbocycles.